The molecule has 2 aromatic carbocycles. The summed E-state index contributed by atoms with van der Waals surface area (Å²) in [4.78, 5) is 74.4. The van der Waals surface area contributed by atoms with Crippen molar-refractivity contribution in [2.75, 3.05) is 23.8 Å². The molecule has 1 heterocycles. The van der Waals surface area contributed by atoms with Gasteiger partial charge in [0.25, 0.3) is 11.8 Å². The van der Waals surface area contributed by atoms with Crippen molar-refractivity contribution in [3.05, 3.63) is 64.7 Å². The Morgan fingerprint density at radius 2 is 1.53 bits per heavy atom. The summed E-state index contributed by atoms with van der Waals surface area (Å²) >= 11 is 6.03. The third kappa shape index (κ3) is 14.3. The Kier molecular flexibility index (Phi) is 15.0. The molecule has 1 aromatic heterocycles. The molecule has 2 aliphatic carbocycles. The van der Waals surface area contributed by atoms with Gasteiger partial charge in [-0.1, -0.05) is 36.6 Å². The fourth-order valence-electron chi connectivity index (χ4n) is 6.83. The number of hydrogen-bond donors (Lipinski definition) is 5. The highest BCUT2D eigenvalue weighted by Gasteiger charge is 2.45. The van der Waals surface area contributed by atoms with E-state index >= 15 is 0 Å². The zero-order valence-corrected chi connectivity index (χ0v) is 34.3. The van der Waals surface area contributed by atoms with E-state index in [1.165, 1.54) is 24.3 Å². The van der Waals surface area contributed by atoms with Gasteiger partial charge in [0.15, 0.2) is 6.61 Å². The zero-order valence-electron chi connectivity index (χ0n) is 33.5. The number of carboxylic acid groups (broad SMARTS) is 1. The van der Waals surface area contributed by atoms with Gasteiger partial charge in [0.1, 0.15) is 11.6 Å². The molecule has 1 atom stereocenters. The number of amides is 2. The molecule has 0 bridgehead atoms. The van der Waals surface area contributed by atoms with Crippen LogP contribution in [0.2, 0.25) is 5.02 Å². The van der Waals surface area contributed by atoms with Gasteiger partial charge in [-0.25, -0.2) is 4.79 Å². The maximum atomic E-state index is 13.0. The van der Waals surface area contributed by atoms with E-state index in [4.69, 9.17) is 21.1 Å². The van der Waals surface area contributed by atoms with Gasteiger partial charge in [0.2, 0.25) is 17.7 Å². The average molecular weight is 860 g/mol. The molecule has 5 rings (SSSR count). The molecular formula is C41H49ClF3N7O8. The first-order valence-corrected chi connectivity index (χ1v) is 20.1. The van der Waals surface area contributed by atoms with E-state index in [1.54, 1.807) is 12.1 Å². The van der Waals surface area contributed by atoms with Crippen LogP contribution < -0.4 is 26.0 Å². The van der Waals surface area contributed by atoms with Crippen LogP contribution in [0.5, 0.6) is 6.01 Å². The molecule has 0 saturated heterocycles. The van der Waals surface area contributed by atoms with Crippen LogP contribution in [-0.4, -0.2) is 80.6 Å². The minimum atomic E-state index is -4.65. The highest BCUT2D eigenvalue weighted by atomic mass is 35.5. The lowest BCUT2D eigenvalue weighted by atomic mass is 9.78. The molecule has 15 nitrogen and oxygen atoms in total. The van der Waals surface area contributed by atoms with Gasteiger partial charge < -0.3 is 35.8 Å². The molecule has 2 amide bonds. The van der Waals surface area contributed by atoms with Crippen molar-refractivity contribution in [2.45, 2.75) is 108 Å². The van der Waals surface area contributed by atoms with Crippen LogP contribution in [0.25, 0.3) is 0 Å². The second-order valence-corrected chi connectivity index (χ2v) is 16.6. The first kappa shape index (κ1) is 45.6. The predicted molar refractivity (Wildman–Crippen MR) is 214 cm³/mol. The maximum Gasteiger partial charge on any atom is 0.422 e. The maximum absolute atomic E-state index is 13.0. The number of benzene rings is 2. The van der Waals surface area contributed by atoms with E-state index in [1.807, 2.05) is 32.9 Å². The summed E-state index contributed by atoms with van der Waals surface area (Å²) in [6.07, 6.45) is 0.862. The standard InChI is InChI=1S/C41H49ClF3N7O8/c1-39(2,3)60-32(54)22-25-6-4-24(5-7-25)8-17-31(53)34(56)46-21-18-30(35(57)58)48-33(55)26-9-15-29(16-10-26)47-36-49-37(51-38(50-36)59-23-41(43,44)45)52-40(19-20-40)27-11-13-28(42)14-12-27/h9-16,24-25,30H,4-8,17-23H2,1-3H3,(H,46,56)(H,48,55)(H,57,58)(H2,47,49,50,51,52)/t24?,25?,30-/m0/s1. The van der Waals surface area contributed by atoms with Crippen LogP contribution >= 0.6 is 11.6 Å². The van der Waals surface area contributed by atoms with Crippen LogP contribution in [0, 0.1) is 11.8 Å². The minimum absolute atomic E-state index is 0.0413. The second kappa shape index (κ2) is 19.7. The van der Waals surface area contributed by atoms with E-state index in [2.05, 4.69) is 36.2 Å². The molecule has 2 aliphatic rings. The second-order valence-electron chi connectivity index (χ2n) is 16.1. The van der Waals surface area contributed by atoms with Crippen molar-refractivity contribution in [3.63, 3.8) is 0 Å². The SMILES string of the molecule is CC(C)(C)OC(=O)CC1CCC(CCC(=O)C(=O)NCC[C@H](NC(=O)c2ccc(Nc3nc(NC4(c5ccc(Cl)cc5)CC4)nc(OCC(F)(F)F)n3)cc2)C(=O)O)CC1. The summed E-state index contributed by atoms with van der Waals surface area (Å²) in [6, 6.07) is 10.8. The monoisotopic (exact) mass is 859 g/mol. The summed E-state index contributed by atoms with van der Waals surface area (Å²) in [7, 11) is 0. The van der Waals surface area contributed by atoms with Gasteiger partial charge in [-0.15, -0.1) is 0 Å². The third-order valence-electron chi connectivity index (χ3n) is 10.1. The van der Waals surface area contributed by atoms with Gasteiger partial charge in [0, 0.05) is 35.7 Å². The molecule has 60 heavy (non-hydrogen) atoms. The van der Waals surface area contributed by atoms with E-state index in [9.17, 15) is 42.3 Å². The fraction of sp³-hybridized carbons (Fsp3) is 0.512. The molecule has 0 spiro atoms. The normalized spacial score (nSPS) is 17.7. The lowest BCUT2D eigenvalue weighted by Crippen LogP contribution is -2.43. The number of carboxylic acids is 1. The molecule has 0 aliphatic heterocycles. The molecule has 3 aromatic rings. The molecular weight excluding hydrogens is 811 g/mol. The van der Waals surface area contributed by atoms with Crippen LogP contribution in [0.4, 0.5) is 30.8 Å². The van der Waals surface area contributed by atoms with Gasteiger partial charge in [-0.05, 0) is 113 Å². The fourth-order valence-corrected chi connectivity index (χ4v) is 6.95. The van der Waals surface area contributed by atoms with Crippen molar-refractivity contribution < 1.29 is 51.7 Å². The predicted octanol–water partition coefficient (Wildman–Crippen LogP) is 6.89. The number of Topliss-reactive ketones (excluding diaryl/α,β-unsaturated/α-hetero) is 1. The highest BCUT2D eigenvalue weighted by molar-refractivity contribution is 6.36. The number of halogens is 4. The van der Waals surface area contributed by atoms with Crippen LogP contribution in [0.3, 0.4) is 0 Å². The summed E-state index contributed by atoms with van der Waals surface area (Å²) in [6.45, 7) is 3.67. The number of ketones is 1. The van der Waals surface area contributed by atoms with Crippen molar-refractivity contribution in [1.29, 1.82) is 0 Å². The minimum Gasteiger partial charge on any atom is -0.480 e. The number of nitrogens with zero attached hydrogens (tertiary/aromatic N) is 3. The van der Waals surface area contributed by atoms with Crippen LogP contribution in [0.15, 0.2) is 48.5 Å². The number of aliphatic carboxylic acids is 1. The van der Waals surface area contributed by atoms with Crippen LogP contribution in [0.1, 0.15) is 101 Å². The topological polar surface area (TPSA) is 211 Å². The Morgan fingerprint density at radius 1 is 0.900 bits per heavy atom. The Hall–Kier alpha value is -5.52. The van der Waals surface area contributed by atoms with Gasteiger partial charge in [-0.2, -0.15) is 28.1 Å². The van der Waals surface area contributed by atoms with E-state index in [0.29, 0.717) is 36.4 Å². The first-order chi connectivity index (χ1) is 28.3. The lowest BCUT2D eigenvalue weighted by molar-refractivity contribution is -0.156. The summed E-state index contributed by atoms with van der Waals surface area (Å²) < 4.78 is 49.2. The number of carbonyl (C=O) groups is 5. The van der Waals surface area contributed by atoms with Crippen molar-refractivity contribution in [1.82, 2.24) is 25.6 Å². The lowest BCUT2D eigenvalue weighted by Gasteiger charge is -2.29. The number of ether oxygens (including phenoxy) is 2. The molecule has 2 fully saturated rings. The van der Waals surface area contributed by atoms with E-state index in [0.717, 1.165) is 31.2 Å². The number of esters is 1. The highest BCUT2D eigenvalue weighted by Crippen LogP contribution is 2.48. The quantitative estimate of drug-likeness (QED) is 0.0615. The Labute approximate surface area is 350 Å². The van der Waals surface area contributed by atoms with Crippen molar-refractivity contribution in [2.24, 2.45) is 11.8 Å². The zero-order chi connectivity index (χ0) is 43.7. The number of nitrogens with one attached hydrogen (secondary N) is 4. The molecule has 19 heteroatoms. The number of carbonyl (C=O) groups excluding carboxylic acids is 4. The van der Waals surface area contributed by atoms with E-state index < -0.39 is 59.5 Å². The Morgan fingerprint density at radius 3 is 2.13 bits per heavy atom. The molecule has 0 radical (unpaired) electrons. The average Bonchev–Trinajstić information content (AvgIpc) is 3.95. The third-order valence-corrected chi connectivity index (χ3v) is 10.3. The van der Waals surface area contributed by atoms with Crippen molar-refractivity contribution in [3.8, 4) is 6.01 Å². The van der Waals surface area contributed by atoms with Gasteiger partial charge in [0.05, 0.1) is 5.54 Å². The van der Waals surface area contributed by atoms with E-state index in [-0.39, 0.29) is 54.7 Å². The molecule has 2 saturated carbocycles. The molecule has 324 valence electrons. The molecule has 0 unspecified atom stereocenters. The number of anilines is 3. The Bertz CT molecular complexity index is 2000. The molecule has 5 N–H and O–H groups in total. The largest absolute Gasteiger partial charge is 0.480 e. The van der Waals surface area contributed by atoms with Crippen molar-refractivity contribution >= 4 is 58.7 Å². The first-order valence-electron chi connectivity index (χ1n) is 19.7. The van der Waals surface area contributed by atoms with Gasteiger partial charge >= 0.3 is 24.1 Å². The number of hydrogen-bond acceptors (Lipinski definition) is 12. The number of aromatic nitrogens is 3. The summed E-state index contributed by atoms with van der Waals surface area (Å²) in [5.74, 6) is -3.45. The summed E-state index contributed by atoms with van der Waals surface area (Å²) in [5, 5.41) is 21.2. The summed E-state index contributed by atoms with van der Waals surface area (Å²) in [5.41, 5.74) is 0.195. The number of rotatable bonds is 19. The van der Waals surface area contributed by atoms with Gasteiger partial charge in [-0.3, -0.25) is 19.2 Å². The number of alkyl halides is 3. The van der Waals surface area contributed by atoms with Crippen LogP contribution in [-0.2, 0) is 29.5 Å². The smallest absolute Gasteiger partial charge is 0.422 e. The Balaban J connectivity index is 1.09.